The molecule has 0 saturated carbocycles. The summed E-state index contributed by atoms with van der Waals surface area (Å²) in [6, 6.07) is 9.78. The molecule has 1 atom stereocenters. The molecule has 0 spiro atoms. The molecule has 4 nitrogen and oxygen atoms in total. The van der Waals surface area contributed by atoms with Gasteiger partial charge in [0.1, 0.15) is 5.69 Å². The molecule has 0 aliphatic carbocycles. The van der Waals surface area contributed by atoms with Crippen molar-refractivity contribution in [3.05, 3.63) is 52.5 Å². The quantitative estimate of drug-likeness (QED) is 0.892. The van der Waals surface area contributed by atoms with Gasteiger partial charge in [0.05, 0.1) is 11.1 Å². The van der Waals surface area contributed by atoms with E-state index in [4.69, 9.17) is 0 Å². The highest BCUT2D eigenvalue weighted by atomic mass is 32.1. The summed E-state index contributed by atoms with van der Waals surface area (Å²) in [6.45, 7) is 4.41. The van der Waals surface area contributed by atoms with Gasteiger partial charge in [-0.1, -0.05) is 37.3 Å². The van der Waals surface area contributed by atoms with E-state index in [-0.39, 0.29) is 12.5 Å². The number of carbonyl (C=O) groups is 1. The lowest BCUT2D eigenvalue weighted by molar-refractivity contribution is 0.0133. The number of benzene rings is 1. The molecule has 1 aromatic carbocycles. The third-order valence-electron chi connectivity index (χ3n) is 3.45. The van der Waals surface area contributed by atoms with Crippen molar-refractivity contribution in [2.45, 2.75) is 32.4 Å². The maximum Gasteiger partial charge on any atom is 0.273 e. The van der Waals surface area contributed by atoms with Gasteiger partial charge in [-0.25, -0.2) is 4.98 Å². The summed E-state index contributed by atoms with van der Waals surface area (Å²) in [6.07, 6.45) is 0.586. The smallest absolute Gasteiger partial charge is 0.273 e. The summed E-state index contributed by atoms with van der Waals surface area (Å²) in [4.78, 5) is 18.3. The van der Waals surface area contributed by atoms with Crippen LogP contribution in [0.3, 0.4) is 0 Å². The van der Waals surface area contributed by atoms with Crippen molar-refractivity contribution in [3.8, 4) is 0 Å². The largest absolute Gasteiger partial charge is 0.388 e. The molecule has 0 bridgehead atoms. The van der Waals surface area contributed by atoms with Crippen LogP contribution < -0.4 is 0 Å². The van der Waals surface area contributed by atoms with Crippen LogP contribution >= 0.6 is 11.3 Å². The molecule has 1 amide bonds. The molecule has 0 unspecified atom stereocenters. The van der Waals surface area contributed by atoms with Crippen molar-refractivity contribution < 1.29 is 9.90 Å². The molecular weight excluding hydrogens is 284 g/mol. The van der Waals surface area contributed by atoms with E-state index in [2.05, 4.69) is 4.98 Å². The van der Waals surface area contributed by atoms with Gasteiger partial charge in [-0.15, -0.1) is 11.3 Å². The van der Waals surface area contributed by atoms with Crippen molar-refractivity contribution in [1.82, 2.24) is 9.88 Å². The fourth-order valence-corrected chi connectivity index (χ4v) is 2.53. The number of hydrogen-bond donors (Lipinski definition) is 1. The Hall–Kier alpha value is -1.72. The van der Waals surface area contributed by atoms with Crippen LogP contribution in [0.1, 0.15) is 36.3 Å². The number of nitrogens with zero attached hydrogens (tertiary/aromatic N) is 2. The molecule has 0 saturated heterocycles. The van der Waals surface area contributed by atoms with E-state index in [1.165, 1.54) is 11.3 Å². The second kappa shape index (κ2) is 6.83. The first-order valence-electron chi connectivity index (χ1n) is 6.95. The van der Waals surface area contributed by atoms with Gasteiger partial charge in [-0.05, 0) is 18.9 Å². The Kier molecular flexibility index (Phi) is 5.09. The summed E-state index contributed by atoms with van der Waals surface area (Å²) in [5, 5.41) is 12.0. The van der Waals surface area contributed by atoms with E-state index >= 15 is 0 Å². The first-order chi connectivity index (χ1) is 10.0. The first kappa shape index (κ1) is 15.7. The molecule has 0 aliphatic heterocycles. The molecule has 1 N–H and O–H groups in total. The predicted molar refractivity (Wildman–Crippen MR) is 84.2 cm³/mol. The SMILES string of the molecule is CC[C@](C)(O)CN(Cc1ccccc1)C(=O)c1cscn1. The Morgan fingerprint density at radius 2 is 2.10 bits per heavy atom. The number of aromatic nitrogens is 1. The number of aliphatic hydroxyl groups is 1. The van der Waals surface area contributed by atoms with Gasteiger partial charge in [0.25, 0.3) is 5.91 Å². The molecule has 0 fully saturated rings. The number of rotatable bonds is 6. The van der Waals surface area contributed by atoms with Crippen LogP contribution in [0.5, 0.6) is 0 Å². The van der Waals surface area contributed by atoms with Crippen molar-refractivity contribution in [2.75, 3.05) is 6.54 Å². The first-order valence-corrected chi connectivity index (χ1v) is 7.90. The zero-order valence-electron chi connectivity index (χ0n) is 12.3. The van der Waals surface area contributed by atoms with E-state index in [0.717, 1.165) is 5.56 Å². The van der Waals surface area contributed by atoms with E-state index in [0.29, 0.717) is 18.7 Å². The van der Waals surface area contributed by atoms with Crippen LogP contribution in [0, 0.1) is 0 Å². The van der Waals surface area contributed by atoms with Crippen molar-refractivity contribution >= 4 is 17.2 Å². The average Bonchev–Trinajstić information content (AvgIpc) is 3.01. The molecule has 2 rings (SSSR count). The summed E-state index contributed by atoms with van der Waals surface area (Å²) in [7, 11) is 0. The molecule has 5 heteroatoms. The van der Waals surface area contributed by atoms with Crippen LogP contribution in [0.25, 0.3) is 0 Å². The fourth-order valence-electron chi connectivity index (χ4n) is 2.01. The topological polar surface area (TPSA) is 53.4 Å². The molecule has 112 valence electrons. The Bertz CT molecular complexity index is 567. The van der Waals surface area contributed by atoms with Gasteiger partial charge < -0.3 is 10.0 Å². The standard InChI is InChI=1S/C16H20N2O2S/c1-3-16(2,20)11-18(9-13-7-5-4-6-8-13)15(19)14-10-21-12-17-14/h4-8,10,12,20H,3,9,11H2,1-2H3/t16-/m0/s1. The van der Waals surface area contributed by atoms with Crippen LogP contribution in [0.15, 0.2) is 41.2 Å². The Balaban J connectivity index is 2.20. The number of thiazole rings is 1. The zero-order chi connectivity index (χ0) is 15.3. The van der Waals surface area contributed by atoms with Crippen LogP contribution in [-0.4, -0.2) is 33.0 Å². The lowest BCUT2D eigenvalue weighted by Gasteiger charge is -2.30. The molecular formula is C16H20N2O2S. The summed E-state index contributed by atoms with van der Waals surface area (Å²) >= 11 is 1.39. The maximum atomic E-state index is 12.6. The normalized spacial score (nSPS) is 13.7. The zero-order valence-corrected chi connectivity index (χ0v) is 13.1. The number of hydrogen-bond acceptors (Lipinski definition) is 4. The molecule has 1 heterocycles. The minimum atomic E-state index is -0.902. The van der Waals surface area contributed by atoms with Gasteiger partial charge in [-0.2, -0.15) is 0 Å². The van der Waals surface area contributed by atoms with Gasteiger partial charge >= 0.3 is 0 Å². The second-order valence-corrected chi connectivity index (χ2v) is 6.09. The van der Waals surface area contributed by atoms with Crippen molar-refractivity contribution in [2.24, 2.45) is 0 Å². The van der Waals surface area contributed by atoms with Crippen LogP contribution in [0.4, 0.5) is 0 Å². The van der Waals surface area contributed by atoms with E-state index in [1.54, 1.807) is 22.7 Å². The maximum absolute atomic E-state index is 12.6. The van der Waals surface area contributed by atoms with E-state index < -0.39 is 5.60 Å². The molecule has 21 heavy (non-hydrogen) atoms. The molecule has 0 aliphatic rings. The van der Waals surface area contributed by atoms with E-state index in [9.17, 15) is 9.90 Å². The summed E-state index contributed by atoms with van der Waals surface area (Å²) in [5.41, 5.74) is 2.21. The molecule has 1 aromatic heterocycles. The Labute approximate surface area is 129 Å². The lowest BCUT2D eigenvalue weighted by atomic mass is 10.0. The Morgan fingerprint density at radius 3 is 2.67 bits per heavy atom. The van der Waals surface area contributed by atoms with E-state index in [1.807, 2.05) is 37.3 Å². The number of carbonyl (C=O) groups excluding carboxylic acids is 1. The van der Waals surface area contributed by atoms with Gasteiger partial charge in [0.2, 0.25) is 0 Å². The fraction of sp³-hybridized carbons (Fsp3) is 0.375. The predicted octanol–water partition coefficient (Wildman–Crippen LogP) is 2.95. The highest BCUT2D eigenvalue weighted by molar-refractivity contribution is 7.07. The van der Waals surface area contributed by atoms with Crippen molar-refractivity contribution in [1.29, 1.82) is 0 Å². The number of amides is 1. The Morgan fingerprint density at radius 1 is 1.38 bits per heavy atom. The third kappa shape index (κ3) is 4.37. The monoisotopic (exact) mass is 304 g/mol. The van der Waals surface area contributed by atoms with Gasteiger partial charge in [0.15, 0.2) is 0 Å². The van der Waals surface area contributed by atoms with Gasteiger partial charge in [-0.3, -0.25) is 4.79 Å². The molecule has 0 radical (unpaired) electrons. The highest BCUT2D eigenvalue weighted by Crippen LogP contribution is 2.16. The highest BCUT2D eigenvalue weighted by Gasteiger charge is 2.26. The van der Waals surface area contributed by atoms with Gasteiger partial charge in [0, 0.05) is 18.5 Å². The average molecular weight is 304 g/mol. The van der Waals surface area contributed by atoms with Crippen LogP contribution in [0.2, 0.25) is 0 Å². The minimum Gasteiger partial charge on any atom is -0.388 e. The molecule has 2 aromatic rings. The lowest BCUT2D eigenvalue weighted by Crippen LogP contribution is -2.43. The second-order valence-electron chi connectivity index (χ2n) is 5.37. The summed E-state index contributed by atoms with van der Waals surface area (Å²) in [5.74, 6) is -0.145. The minimum absolute atomic E-state index is 0.145. The van der Waals surface area contributed by atoms with Crippen LogP contribution in [-0.2, 0) is 6.54 Å². The summed E-state index contributed by atoms with van der Waals surface area (Å²) < 4.78 is 0. The van der Waals surface area contributed by atoms with Crippen molar-refractivity contribution in [3.63, 3.8) is 0 Å². The third-order valence-corrected chi connectivity index (χ3v) is 4.03.